The molecular formula is C13H10CoO+2. The van der Waals surface area contributed by atoms with Crippen molar-refractivity contribution in [3.63, 3.8) is 0 Å². The van der Waals surface area contributed by atoms with Crippen molar-refractivity contribution in [2.45, 2.75) is 0 Å². The standard InChI is InChI=1S/C13H10O.Co/c14-13(11-7-3-1-4-8-11)12-9-5-2-6-10-12;/h1-10H;/q;+2. The van der Waals surface area contributed by atoms with Gasteiger partial charge in [-0.25, -0.2) is 0 Å². The summed E-state index contributed by atoms with van der Waals surface area (Å²) in [7, 11) is 0. The first kappa shape index (κ1) is 11.7. The van der Waals surface area contributed by atoms with Gasteiger partial charge in [-0.3, -0.25) is 4.79 Å². The Labute approximate surface area is 99.3 Å². The zero-order valence-corrected chi connectivity index (χ0v) is 9.06. The second-order valence-corrected chi connectivity index (χ2v) is 3.06. The number of carbonyl (C=O) groups is 1. The topological polar surface area (TPSA) is 17.1 Å². The van der Waals surface area contributed by atoms with Crippen LogP contribution in [0.25, 0.3) is 0 Å². The molecule has 0 fully saturated rings. The van der Waals surface area contributed by atoms with Crippen molar-refractivity contribution in [2.75, 3.05) is 0 Å². The van der Waals surface area contributed by atoms with Crippen molar-refractivity contribution in [1.82, 2.24) is 0 Å². The summed E-state index contributed by atoms with van der Waals surface area (Å²) in [6.45, 7) is 0. The molecule has 0 saturated heterocycles. The SMILES string of the molecule is O=C(c1ccccc1)c1ccccc1.[Co+2]. The molecule has 0 atom stereocenters. The van der Waals surface area contributed by atoms with Crippen LogP contribution in [0.3, 0.4) is 0 Å². The molecule has 15 heavy (non-hydrogen) atoms. The molecule has 2 aromatic carbocycles. The van der Waals surface area contributed by atoms with Crippen LogP contribution in [0.15, 0.2) is 60.7 Å². The van der Waals surface area contributed by atoms with Crippen LogP contribution >= 0.6 is 0 Å². The third-order valence-electron chi connectivity index (χ3n) is 2.07. The summed E-state index contributed by atoms with van der Waals surface area (Å²) in [6.07, 6.45) is 0. The summed E-state index contributed by atoms with van der Waals surface area (Å²) >= 11 is 0. The Hall–Kier alpha value is -1.38. The van der Waals surface area contributed by atoms with E-state index in [2.05, 4.69) is 0 Å². The van der Waals surface area contributed by atoms with Gasteiger partial charge in [0.15, 0.2) is 5.78 Å². The Kier molecular flexibility index (Phi) is 4.28. The summed E-state index contributed by atoms with van der Waals surface area (Å²) in [5.41, 5.74) is 1.47. The molecule has 0 spiro atoms. The van der Waals surface area contributed by atoms with E-state index in [-0.39, 0.29) is 22.6 Å². The molecular weight excluding hydrogens is 231 g/mol. The molecule has 0 heterocycles. The first-order chi connectivity index (χ1) is 6.88. The van der Waals surface area contributed by atoms with Gasteiger partial charge in [0, 0.05) is 11.1 Å². The van der Waals surface area contributed by atoms with Gasteiger partial charge in [0.05, 0.1) is 0 Å². The van der Waals surface area contributed by atoms with Crippen molar-refractivity contribution in [1.29, 1.82) is 0 Å². The van der Waals surface area contributed by atoms with E-state index < -0.39 is 0 Å². The van der Waals surface area contributed by atoms with E-state index >= 15 is 0 Å². The molecule has 0 aliphatic rings. The Bertz CT molecular complexity index is 381. The largest absolute Gasteiger partial charge is 2.00 e. The smallest absolute Gasteiger partial charge is 0.289 e. The Morgan fingerprint density at radius 3 is 1.33 bits per heavy atom. The first-order valence-corrected chi connectivity index (χ1v) is 4.53. The molecule has 2 rings (SSSR count). The third-order valence-corrected chi connectivity index (χ3v) is 2.07. The zero-order valence-electron chi connectivity index (χ0n) is 8.02. The van der Waals surface area contributed by atoms with E-state index in [1.807, 2.05) is 60.7 Å². The van der Waals surface area contributed by atoms with Gasteiger partial charge in [-0.05, 0) is 0 Å². The van der Waals surface area contributed by atoms with Crippen LogP contribution in [0.5, 0.6) is 0 Å². The molecule has 0 unspecified atom stereocenters. The fourth-order valence-electron chi connectivity index (χ4n) is 1.35. The van der Waals surface area contributed by atoms with Gasteiger partial charge in [-0.15, -0.1) is 0 Å². The van der Waals surface area contributed by atoms with E-state index in [0.29, 0.717) is 0 Å². The van der Waals surface area contributed by atoms with Crippen LogP contribution in [-0.2, 0) is 16.8 Å². The number of hydrogen-bond acceptors (Lipinski definition) is 1. The fourth-order valence-corrected chi connectivity index (χ4v) is 1.35. The summed E-state index contributed by atoms with van der Waals surface area (Å²) in [6, 6.07) is 18.6. The van der Waals surface area contributed by atoms with E-state index in [9.17, 15) is 4.79 Å². The molecule has 0 amide bonds. The molecule has 2 aromatic rings. The van der Waals surface area contributed by atoms with Gasteiger partial charge < -0.3 is 0 Å². The van der Waals surface area contributed by atoms with Crippen molar-refractivity contribution in [2.24, 2.45) is 0 Å². The molecule has 0 saturated carbocycles. The van der Waals surface area contributed by atoms with E-state index in [0.717, 1.165) is 11.1 Å². The fraction of sp³-hybridized carbons (Fsp3) is 0. The van der Waals surface area contributed by atoms with Gasteiger partial charge in [0.2, 0.25) is 0 Å². The quantitative estimate of drug-likeness (QED) is 0.739. The number of benzene rings is 2. The number of hydrogen-bond donors (Lipinski definition) is 0. The number of ketones is 1. The minimum absolute atomic E-state index is 0. The van der Waals surface area contributed by atoms with E-state index in [1.54, 1.807) is 0 Å². The van der Waals surface area contributed by atoms with Gasteiger partial charge in [0.25, 0.3) is 0 Å². The van der Waals surface area contributed by atoms with Crippen LogP contribution in [0, 0.1) is 0 Å². The Balaban J connectivity index is 0.00000112. The monoisotopic (exact) mass is 241 g/mol. The first-order valence-electron chi connectivity index (χ1n) is 4.53. The molecule has 0 bridgehead atoms. The summed E-state index contributed by atoms with van der Waals surface area (Å²) < 4.78 is 0. The van der Waals surface area contributed by atoms with Crippen LogP contribution < -0.4 is 0 Å². The maximum atomic E-state index is 11.8. The van der Waals surface area contributed by atoms with Gasteiger partial charge >= 0.3 is 16.8 Å². The number of carbonyl (C=O) groups excluding carboxylic acids is 1. The van der Waals surface area contributed by atoms with Crippen molar-refractivity contribution in [3.05, 3.63) is 71.8 Å². The van der Waals surface area contributed by atoms with Crippen molar-refractivity contribution >= 4 is 5.78 Å². The molecule has 75 valence electrons. The van der Waals surface area contributed by atoms with Crippen LogP contribution in [0.1, 0.15) is 15.9 Å². The van der Waals surface area contributed by atoms with Crippen LogP contribution in [0.4, 0.5) is 0 Å². The minimum atomic E-state index is 0. The van der Waals surface area contributed by atoms with Crippen LogP contribution in [-0.4, -0.2) is 5.78 Å². The maximum absolute atomic E-state index is 11.8. The van der Waals surface area contributed by atoms with E-state index in [1.165, 1.54) is 0 Å². The molecule has 0 N–H and O–H groups in total. The zero-order chi connectivity index (χ0) is 9.80. The Morgan fingerprint density at radius 1 is 0.667 bits per heavy atom. The second kappa shape index (κ2) is 5.49. The molecule has 2 heteroatoms. The summed E-state index contributed by atoms with van der Waals surface area (Å²) in [4.78, 5) is 11.8. The molecule has 1 nitrogen and oxygen atoms in total. The molecule has 0 aromatic heterocycles. The van der Waals surface area contributed by atoms with Crippen LogP contribution in [0.2, 0.25) is 0 Å². The molecule has 0 aliphatic carbocycles. The average Bonchev–Trinajstić information content (AvgIpc) is 2.30. The number of rotatable bonds is 2. The Morgan fingerprint density at radius 2 is 1.00 bits per heavy atom. The molecule has 0 aliphatic heterocycles. The normalized spacial score (nSPS) is 9.07. The average molecular weight is 241 g/mol. The molecule has 1 radical (unpaired) electrons. The minimum Gasteiger partial charge on any atom is -0.289 e. The summed E-state index contributed by atoms with van der Waals surface area (Å²) in [5, 5.41) is 0. The predicted molar refractivity (Wildman–Crippen MR) is 56.3 cm³/mol. The van der Waals surface area contributed by atoms with Crippen molar-refractivity contribution < 1.29 is 21.6 Å². The van der Waals surface area contributed by atoms with Gasteiger partial charge in [0.1, 0.15) is 0 Å². The predicted octanol–water partition coefficient (Wildman–Crippen LogP) is 2.92. The maximum Gasteiger partial charge on any atom is 2.00 e. The van der Waals surface area contributed by atoms with Crippen molar-refractivity contribution in [3.8, 4) is 0 Å². The third kappa shape index (κ3) is 2.78. The van der Waals surface area contributed by atoms with Gasteiger partial charge in [-0.1, -0.05) is 60.7 Å². The second-order valence-electron chi connectivity index (χ2n) is 3.06. The summed E-state index contributed by atoms with van der Waals surface area (Å²) in [5.74, 6) is 0.0752. The van der Waals surface area contributed by atoms with Gasteiger partial charge in [-0.2, -0.15) is 0 Å². The van der Waals surface area contributed by atoms with E-state index in [4.69, 9.17) is 0 Å².